The van der Waals surface area contributed by atoms with Crippen molar-refractivity contribution < 1.29 is 4.79 Å². The number of hydrogen-bond donors (Lipinski definition) is 0. The summed E-state index contributed by atoms with van der Waals surface area (Å²) in [5, 5.41) is 1.07. The number of carbonyl (C=O) groups excluding carboxylic acids is 1. The zero-order valence-corrected chi connectivity index (χ0v) is 8.24. The Bertz CT molecular complexity index is 503. The zero-order valence-electron chi connectivity index (χ0n) is 8.24. The van der Waals surface area contributed by atoms with Crippen molar-refractivity contribution in [1.29, 1.82) is 0 Å². The lowest BCUT2D eigenvalue weighted by Crippen LogP contribution is -1.92. The van der Waals surface area contributed by atoms with Gasteiger partial charge in [0, 0.05) is 16.6 Å². The van der Waals surface area contributed by atoms with Gasteiger partial charge in [-0.15, -0.1) is 0 Å². The number of fused-ring (bicyclic) bond motifs is 1. The highest BCUT2D eigenvalue weighted by atomic mass is 16.1. The van der Waals surface area contributed by atoms with Gasteiger partial charge in [0.05, 0.1) is 5.52 Å². The van der Waals surface area contributed by atoms with Crippen molar-refractivity contribution in [1.82, 2.24) is 4.98 Å². The summed E-state index contributed by atoms with van der Waals surface area (Å²) >= 11 is 0. The highest BCUT2D eigenvalue weighted by Crippen LogP contribution is 2.14. The zero-order chi connectivity index (χ0) is 10.1. The molecule has 0 amide bonds. The molecule has 0 radical (unpaired) electrons. The van der Waals surface area contributed by atoms with E-state index in [0.29, 0.717) is 0 Å². The molecule has 0 aliphatic rings. The fourth-order valence-electron chi connectivity index (χ4n) is 1.44. The van der Waals surface area contributed by atoms with E-state index in [-0.39, 0.29) is 5.78 Å². The van der Waals surface area contributed by atoms with Crippen molar-refractivity contribution in [3.05, 3.63) is 41.6 Å². The summed E-state index contributed by atoms with van der Waals surface area (Å²) in [4.78, 5) is 15.5. The van der Waals surface area contributed by atoms with Crippen LogP contribution in [0, 0.1) is 6.92 Å². The van der Waals surface area contributed by atoms with Gasteiger partial charge in [0.2, 0.25) is 0 Å². The summed E-state index contributed by atoms with van der Waals surface area (Å²) in [5.41, 5.74) is 2.58. The van der Waals surface area contributed by atoms with Crippen LogP contribution in [0.15, 0.2) is 30.3 Å². The van der Waals surface area contributed by atoms with Gasteiger partial charge < -0.3 is 0 Å². The van der Waals surface area contributed by atoms with E-state index < -0.39 is 0 Å². The molecule has 0 bridgehead atoms. The monoisotopic (exact) mass is 185 g/mol. The fraction of sp³-hybridized carbons (Fsp3) is 0.167. The average molecular weight is 185 g/mol. The van der Waals surface area contributed by atoms with E-state index in [4.69, 9.17) is 0 Å². The van der Waals surface area contributed by atoms with E-state index in [1.54, 1.807) is 6.92 Å². The predicted molar refractivity (Wildman–Crippen MR) is 56.5 cm³/mol. The lowest BCUT2D eigenvalue weighted by atomic mass is 10.1. The van der Waals surface area contributed by atoms with Gasteiger partial charge in [0.1, 0.15) is 0 Å². The first-order chi connectivity index (χ1) is 6.66. The first-order valence-electron chi connectivity index (χ1n) is 4.55. The summed E-state index contributed by atoms with van der Waals surface area (Å²) in [5.74, 6) is 0.0789. The average Bonchev–Trinajstić information content (AvgIpc) is 2.16. The number of carbonyl (C=O) groups is 1. The van der Waals surface area contributed by atoms with Crippen LogP contribution in [0.3, 0.4) is 0 Å². The Morgan fingerprint density at radius 1 is 1.21 bits per heavy atom. The third-order valence-corrected chi connectivity index (χ3v) is 2.24. The summed E-state index contributed by atoms with van der Waals surface area (Å²) in [6.45, 7) is 3.51. The lowest BCUT2D eigenvalue weighted by molar-refractivity contribution is 0.101. The molecule has 0 aliphatic heterocycles. The summed E-state index contributed by atoms with van der Waals surface area (Å²) < 4.78 is 0. The second-order valence-electron chi connectivity index (χ2n) is 3.42. The van der Waals surface area contributed by atoms with Gasteiger partial charge in [-0.3, -0.25) is 9.78 Å². The molecular formula is C12H11NO. The Kier molecular flexibility index (Phi) is 2.04. The van der Waals surface area contributed by atoms with Crippen molar-refractivity contribution in [2.75, 3.05) is 0 Å². The topological polar surface area (TPSA) is 30.0 Å². The van der Waals surface area contributed by atoms with Crippen molar-refractivity contribution in [2.24, 2.45) is 0 Å². The fourth-order valence-corrected chi connectivity index (χ4v) is 1.44. The van der Waals surface area contributed by atoms with E-state index in [1.165, 1.54) is 0 Å². The van der Waals surface area contributed by atoms with Gasteiger partial charge in [-0.1, -0.05) is 18.2 Å². The van der Waals surface area contributed by atoms with Gasteiger partial charge in [0.25, 0.3) is 0 Å². The molecule has 14 heavy (non-hydrogen) atoms. The minimum atomic E-state index is 0.0789. The van der Waals surface area contributed by atoms with Crippen LogP contribution in [0.25, 0.3) is 10.9 Å². The SMILES string of the molecule is CC(=O)c1ccc2ccc(C)nc2c1. The Morgan fingerprint density at radius 3 is 2.64 bits per heavy atom. The third-order valence-electron chi connectivity index (χ3n) is 2.24. The molecule has 70 valence electrons. The van der Waals surface area contributed by atoms with Crippen LogP contribution in [0.2, 0.25) is 0 Å². The van der Waals surface area contributed by atoms with Crippen LogP contribution < -0.4 is 0 Å². The number of ketones is 1. The molecule has 0 unspecified atom stereocenters. The molecule has 0 saturated carbocycles. The number of hydrogen-bond acceptors (Lipinski definition) is 2. The third kappa shape index (κ3) is 1.51. The molecule has 2 nitrogen and oxygen atoms in total. The number of aryl methyl sites for hydroxylation is 1. The Balaban J connectivity index is 2.69. The van der Waals surface area contributed by atoms with E-state index in [1.807, 2.05) is 37.3 Å². The van der Waals surface area contributed by atoms with Crippen LogP contribution >= 0.6 is 0 Å². The number of pyridine rings is 1. The van der Waals surface area contributed by atoms with Gasteiger partial charge in [-0.05, 0) is 26.0 Å². The van der Waals surface area contributed by atoms with Crippen molar-refractivity contribution in [3.63, 3.8) is 0 Å². The maximum atomic E-state index is 11.1. The van der Waals surface area contributed by atoms with Gasteiger partial charge in [0.15, 0.2) is 5.78 Å². The van der Waals surface area contributed by atoms with Crippen molar-refractivity contribution in [2.45, 2.75) is 13.8 Å². The predicted octanol–water partition coefficient (Wildman–Crippen LogP) is 2.75. The molecule has 0 aliphatic carbocycles. The number of Topliss-reactive ketones (excluding diaryl/α,β-unsaturated/α-hetero) is 1. The number of rotatable bonds is 1. The van der Waals surface area contributed by atoms with E-state index in [0.717, 1.165) is 22.2 Å². The molecule has 1 aromatic carbocycles. The lowest BCUT2D eigenvalue weighted by Gasteiger charge is -2.00. The Hall–Kier alpha value is -1.70. The largest absolute Gasteiger partial charge is 0.295 e. The summed E-state index contributed by atoms with van der Waals surface area (Å²) in [6.07, 6.45) is 0. The first-order valence-corrected chi connectivity index (χ1v) is 4.55. The quantitative estimate of drug-likeness (QED) is 0.639. The van der Waals surface area contributed by atoms with Gasteiger partial charge >= 0.3 is 0 Å². The summed E-state index contributed by atoms with van der Waals surface area (Å²) in [7, 11) is 0. The number of benzene rings is 1. The molecule has 1 heterocycles. The molecule has 0 atom stereocenters. The van der Waals surface area contributed by atoms with Crippen LogP contribution in [-0.2, 0) is 0 Å². The molecule has 0 spiro atoms. The van der Waals surface area contributed by atoms with Crippen LogP contribution in [0.4, 0.5) is 0 Å². The van der Waals surface area contributed by atoms with Crippen LogP contribution in [0.1, 0.15) is 23.0 Å². The molecular weight excluding hydrogens is 174 g/mol. The maximum Gasteiger partial charge on any atom is 0.159 e. The standard InChI is InChI=1S/C12H11NO/c1-8-3-4-10-5-6-11(9(2)14)7-12(10)13-8/h3-7H,1-2H3. The van der Waals surface area contributed by atoms with Crippen LogP contribution in [-0.4, -0.2) is 10.8 Å². The highest BCUT2D eigenvalue weighted by Gasteiger charge is 2.01. The number of nitrogens with zero attached hydrogens (tertiary/aromatic N) is 1. The minimum Gasteiger partial charge on any atom is -0.295 e. The Morgan fingerprint density at radius 2 is 1.93 bits per heavy atom. The molecule has 0 saturated heterocycles. The molecule has 0 fully saturated rings. The van der Waals surface area contributed by atoms with Crippen molar-refractivity contribution >= 4 is 16.7 Å². The van der Waals surface area contributed by atoms with E-state index in [9.17, 15) is 4.79 Å². The first kappa shape index (κ1) is 8.88. The smallest absolute Gasteiger partial charge is 0.159 e. The molecule has 2 aromatic rings. The molecule has 2 heteroatoms. The van der Waals surface area contributed by atoms with Gasteiger partial charge in [-0.25, -0.2) is 0 Å². The second-order valence-corrected chi connectivity index (χ2v) is 3.42. The van der Waals surface area contributed by atoms with Crippen LogP contribution in [0.5, 0.6) is 0 Å². The summed E-state index contributed by atoms with van der Waals surface area (Å²) in [6, 6.07) is 9.59. The molecule has 2 rings (SSSR count). The second kappa shape index (κ2) is 3.22. The molecule has 0 N–H and O–H groups in total. The van der Waals surface area contributed by atoms with Crippen molar-refractivity contribution in [3.8, 4) is 0 Å². The normalized spacial score (nSPS) is 10.4. The van der Waals surface area contributed by atoms with Gasteiger partial charge in [-0.2, -0.15) is 0 Å². The van der Waals surface area contributed by atoms with E-state index in [2.05, 4.69) is 4.98 Å². The number of aromatic nitrogens is 1. The Labute approximate surface area is 82.6 Å². The molecule has 1 aromatic heterocycles. The minimum absolute atomic E-state index is 0.0789. The maximum absolute atomic E-state index is 11.1. The van der Waals surface area contributed by atoms with E-state index >= 15 is 0 Å². The highest BCUT2D eigenvalue weighted by molar-refractivity contribution is 5.97.